The van der Waals surface area contributed by atoms with E-state index >= 15 is 0 Å². The topological polar surface area (TPSA) is 80.9 Å². The lowest BCUT2D eigenvalue weighted by molar-refractivity contribution is 0.460. The van der Waals surface area contributed by atoms with Gasteiger partial charge in [-0.05, 0) is 48.5 Å². The van der Waals surface area contributed by atoms with Crippen molar-refractivity contribution in [3.63, 3.8) is 0 Å². The lowest BCUT2D eigenvalue weighted by atomic mass is 10.3. The highest BCUT2D eigenvalue weighted by atomic mass is 16.3. The van der Waals surface area contributed by atoms with Crippen LogP contribution in [0.25, 0.3) is 0 Å². The van der Waals surface area contributed by atoms with Gasteiger partial charge in [0.2, 0.25) is 0 Å². The Morgan fingerprint density at radius 3 is 0.625 bits per heavy atom. The van der Waals surface area contributed by atoms with Crippen LogP contribution in [0.15, 0.2) is 48.5 Å². The highest BCUT2D eigenvalue weighted by Crippen LogP contribution is 2.13. The lowest BCUT2D eigenvalue weighted by Crippen LogP contribution is -1.61. The van der Waals surface area contributed by atoms with Gasteiger partial charge in [-0.15, -0.1) is 0 Å². The average molecular weight is 220 g/mol. The van der Waals surface area contributed by atoms with Gasteiger partial charge in [0.1, 0.15) is 23.0 Å². The average Bonchev–Trinajstić information content (AvgIpc) is 2.28. The van der Waals surface area contributed by atoms with E-state index in [1.165, 1.54) is 48.5 Å². The third kappa shape index (κ3) is 4.23. The van der Waals surface area contributed by atoms with Crippen molar-refractivity contribution >= 4 is 0 Å². The summed E-state index contributed by atoms with van der Waals surface area (Å²) >= 11 is 0. The van der Waals surface area contributed by atoms with E-state index in [1.54, 1.807) is 0 Å². The molecule has 0 aromatic heterocycles. The molecule has 0 aliphatic rings. The number of hydrogen-bond acceptors (Lipinski definition) is 4. The fourth-order valence-electron chi connectivity index (χ4n) is 0.905. The maximum Gasteiger partial charge on any atom is 0.115 e. The Morgan fingerprint density at radius 1 is 0.375 bits per heavy atom. The van der Waals surface area contributed by atoms with Crippen LogP contribution in [0.2, 0.25) is 0 Å². The third-order valence-corrected chi connectivity index (χ3v) is 1.70. The number of aromatic hydroxyl groups is 4. The van der Waals surface area contributed by atoms with Gasteiger partial charge in [0.15, 0.2) is 0 Å². The van der Waals surface area contributed by atoms with Crippen LogP contribution >= 0.6 is 0 Å². The van der Waals surface area contributed by atoms with Gasteiger partial charge in [0.25, 0.3) is 0 Å². The molecule has 4 heteroatoms. The Bertz CT molecular complexity index is 334. The van der Waals surface area contributed by atoms with Gasteiger partial charge in [-0.2, -0.15) is 0 Å². The summed E-state index contributed by atoms with van der Waals surface area (Å²) in [7, 11) is 0. The van der Waals surface area contributed by atoms with Crippen molar-refractivity contribution in [2.24, 2.45) is 0 Å². The second-order valence-electron chi connectivity index (χ2n) is 3.03. The highest BCUT2D eigenvalue weighted by molar-refractivity contribution is 5.29. The van der Waals surface area contributed by atoms with Crippen LogP contribution in [0.1, 0.15) is 0 Å². The maximum atomic E-state index is 8.65. The van der Waals surface area contributed by atoms with Crippen molar-refractivity contribution in [2.75, 3.05) is 0 Å². The number of phenolic OH excluding ortho intramolecular Hbond substituents is 4. The molecule has 0 unspecified atom stereocenters. The summed E-state index contributed by atoms with van der Waals surface area (Å²) < 4.78 is 0. The fraction of sp³-hybridized carbons (Fsp3) is 0. The summed E-state index contributed by atoms with van der Waals surface area (Å²) in [4.78, 5) is 0. The Kier molecular flexibility index (Phi) is 4.03. The minimum Gasteiger partial charge on any atom is -0.508 e. The predicted octanol–water partition coefficient (Wildman–Crippen LogP) is 2.20. The van der Waals surface area contributed by atoms with Crippen molar-refractivity contribution in [1.29, 1.82) is 0 Å². The monoisotopic (exact) mass is 220 g/mol. The molecule has 4 nitrogen and oxygen atoms in total. The molecule has 2 aromatic rings. The predicted molar refractivity (Wildman–Crippen MR) is 59.5 cm³/mol. The van der Waals surface area contributed by atoms with Crippen LogP contribution < -0.4 is 0 Å². The number of phenols is 4. The summed E-state index contributed by atoms with van der Waals surface area (Å²) in [6.07, 6.45) is 0. The van der Waals surface area contributed by atoms with Crippen molar-refractivity contribution in [1.82, 2.24) is 0 Å². The van der Waals surface area contributed by atoms with Crippen molar-refractivity contribution in [3.05, 3.63) is 48.5 Å². The van der Waals surface area contributed by atoms with Gasteiger partial charge in [-0.1, -0.05) is 0 Å². The summed E-state index contributed by atoms with van der Waals surface area (Å²) in [5.74, 6) is 0.677. The smallest absolute Gasteiger partial charge is 0.115 e. The first-order valence-electron chi connectivity index (χ1n) is 4.54. The molecule has 2 aromatic carbocycles. The Balaban J connectivity index is 0.000000160. The van der Waals surface area contributed by atoms with E-state index in [-0.39, 0.29) is 23.0 Å². The van der Waals surface area contributed by atoms with E-state index in [9.17, 15) is 0 Å². The van der Waals surface area contributed by atoms with E-state index in [0.29, 0.717) is 0 Å². The van der Waals surface area contributed by atoms with Crippen molar-refractivity contribution < 1.29 is 20.4 Å². The summed E-state index contributed by atoms with van der Waals surface area (Å²) in [5.41, 5.74) is 0. The standard InChI is InChI=1S/2C6H6O2/c2*7-5-1-2-6(8)4-3-5/h2*1-4,7-8H. The molecule has 0 aliphatic carbocycles. The zero-order valence-corrected chi connectivity index (χ0v) is 8.41. The Morgan fingerprint density at radius 2 is 0.500 bits per heavy atom. The van der Waals surface area contributed by atoms with Crippen LogP contribution in [0.4, 0.5) is 0 Å². The molecule has 84 valence electrons. The Labute approximate surface area is 92.7 Å². The van der Waals surface area contributed by atoms with Crippen LogP contribution in [0.3, 0.4) is 0 Å². The molecule has 4 N–H and O–H groups in total. The first-order chi connectivity index (χ1) is 7.58. The third-order valence-electron chi connectivity index (χ3n) is 1.70. The minimum absolute atomic E-state index is 0.169. The molecule has 0 radical (unpaired) electrons. The highest BCUT2D eigenvalue weighted by Gasteiger charge is 1.84. The second kappa shape index (κ2) is 5.50. The molecular weight excluding hydrogens is 208 g/mol. The minimum atomic E-state index is 0.169. The zero-order chi connectivity index (χ0) is 12.0. The van der Waals surface area contributed by atoms with Crippen LogP contribution in [0, 0.1) is 0 Å². The van der Waals surface area contributed by atoms with E-state index in [0.717, 1.165) is 0 Å². The first kappa shape index (κ1) is 11.7. The molecule has 0 fully saturated rings. The normalized spacial score (nSPS) is 9.00. The van der Waals surface area contributed by atoms with Crippen LogP contribution in [-0.4, -0.2) is 20.4 Å². The fourth-order valence-corrected chi connectivity index (χ4v) is 0.905. The van der Waals surface area contributed by atoms with Crippen molar-refractivity contribution in [3.8, 4) is 23.0 Å². The summed E-state index contributed by atoms with van der Waals surface area (Å²) in [6.45, 7) is 0. The molecule has 0 heterocycles. The van der Waals surface area contributed by atoms with Gasteiger partial charge < -0.3 is 20.4 Å². The quantitative estimate of drug-likeness (QED) is 0.513. The molecule has 0 amide bonds. The second-order valence-corrected chi connectivity index (χ2v) is 3.03. The number of rotatable bonds is 0. The van der Waals surface area contributed by atoms with Crippen LogP contribution in [0.5, 0.6) is 23.0 Å². The van der Waals surface area contributed by atoms with E-state index in [4.69, 9.17) is 20.4 Å². The van der Waals surface area contributed by atoms with E-state index in [2.05, 4.69) is 0 Å². The van der Waals surface area contributed by atoms with Crippen LogP contribution in [-0.2, 0) is 0 Å². The van der Waals surface area contributed by atoms with Gasteiger partial charge in [0, 0.05) is 0 Å². The molecule has 0 atom stereocenters. The molecule has 16 heavy (non-hydrogen) atoms. The summed E-state index contributed by atoms with van der Waals surface area (Å²) in [5, 5.41) is 34.6. The molecule has 0 saturated heterocycles. The SMILES string of the molecule is Oc1ccc(O)cc1.Oc1ccc(O)cc1. The first-order valence-corrected chi connectivity index (χ1v) is 4.54. The van der Waals surface area contributed by atoms with Gasteiger partial charge in [-0.25, -0.2) is 0 Å². The van der Waals surface area contributed by atoms with E-state index in [1.807, 2.05) is 0 Å². The molecule has 0 aliphatic heterocycles. The maximum absolute atomic E-state index is 8.65. The molecule has 0 bridgehead atoms. The number of benzene rings is 2. The van der Waals surface area contributed by atoms with Gasteiger partial charge in [-0.3, -0.25) is 0 Å². The molecular formula is C12H12O4. The Hall–Kier alpha value is -2.36. The molecule has 0 saturated carbocycles. The summed E-state index contributed by atoms with van der Waals surface area (Å²) in [6, 6.07) is 11.4. The van der Waals surface area contributed by atoms with Crippen molar-refractivity contribution in [2.45, 2.75) is 0 Å². The number of hydrogen-bond donors (Lipinski definition) is 4. The van der Waals surface area contributed by atoms with Gasteiger partial charge in [0.05, 0.1) is 0 Å². The molecule has 0 spiro atoms. The van der Waals surface area contributed by atoms with E-state index < -0.39 is 0 Å². The molecule has 2 rings (SSSR count). The lowest BCUT2D eigenvalue weighted by Gasteiger charge is -1.88. The largest absolute Gasteiger partial charge is 0.508 e. The van der Waals surface area contributed by atoms with Gasteiger partial charge >= 0.3 is 0 Å². The zero-order valence-electron chi connectivity index (χ0n) is 8.41.